The number of allylic oxidation sites excluding steroid dienone is 2. The van der Waals surface area contributed by atoms with Gasteiger partial charge in [0.2, 0.25) is 10.0 Å². The van der Waals surface area contributed by atoms with Crippen molar-refractivity contribution in [3.8, 4) is 0 Å². The van der Waals surface area contributed by atoms with Crippen molar-refractivity contribution in [2.75, 3.05) is 33.9 Å². The highest BCUT2D eigenvalue weighted by Gasteiger charge is 2.36. The summed E-state index contributed by atoms with van der Waals surface area (Å²) in [5, 5.41) is -0.607. The Hall–Kier alpha value is -1.18. The molecule has 126 valence electrons. The fraction of sp³-hybridized carbons (Fsp3) is 0.667. The van der Waals surface area contributed by atoms with Crippen LogP contribution in [0.15, 0.2) is 23.5 Å². The maximum Gasteiger partial charge on any atom is 0.221 e. The van der Waals surface area contributed by atoms with Crippen molar-refractivity contribution in [2.24, 2.45) is 5.92 Å². The lowest BCUT2D eigenvalue weighted by molar-refractivity contribution is -0.121. The summed E-state index contributed by atoms with van der Waals surface area (Å²) in [6.45, 7) is 5.50. The first-order valence-corrected chi connectivity index (χ1v) is 8.66. The van der Waals surface area contributed by atoms with Gasteiger partial charge in [-0.3, -0.25) is 4.79 Å². The minimum absolute atomic E-state index is 0.00653. The van der Waals surface area contributed by atoms with E-state index in [4.69, 9.17) is 9.47 Å². The average Bonchev–Trinajstić information content (AvgIpc) is 2.41. The highest BCUT2D eigenvalue weighted by molar-refractivity contribution is 7.89. The molecule has 0 N–H and O–H groups in total. The number of nitrogens with zero attached hydrogens (tertiary/aromatic N) is 1. The molecule has 7 heteroatoms. The molecule has 1 rings (SSSR count). The van der Waals surface area contributed by atoms with E-state index < -0.39 is 15.3 Å². The van der Waals surface area contributed by atoms with Crippen LogP contribution in [-0.4, -0.2) is 57.7 Å². The SMILES string of the molecule is COC1=CC(C)C(S(=O)(=O)N(C)CCOCC(C)=O)C(C)=C1. The maximum absolute atomic E-state index is 12.7. The number of methoxy groups -OCH3 is 1. The Labute approximate surface area is 132 Å². The average molecular weight is 331 g/mol. The van der Waals surface area contributed by atoms with Gasteiger partial charge in [-0.1, -0.05) is 6.92 Å². The Morgan fingerprint density at radius 1 is 1.41 bits per heavy atom. The number of ether oxygens (including phenoxy) is 2. The van der Waals surface area contributed by atoms with Gasteiger partial charge in [0, 0.05) is 13.6 Å². The van der Waals surface area contributed by atoms with Gasteiger partial charge in [-0.2, -0.15) is 0 Å². The number of hydrogen-bond acceptors (Lipinski definition) is 5. The van der Waals surface area contributed by atoms with E-state index in [1.165, 1.54) is 18.3 Å². The van der Waals surface area contributed by atoms with Crippen LogP contribution < -0.4 is 0 Å². The standard InChI is InChI=1S/C15H25NO5S/c1-11-8-14(20-5)9-12(2)15(11)22(18,19)16(4)6-7-21-10-13(3)17/h8-9,11,15H,6-7,10H2,1-5H3. The molecule has 0 spiro atoms. The van der Waals surface area contributed by atoms with E-state index in [2.05, 4.69) is 0 Å². The van der Waals surface area contributed by atoms with E-state index in [1.54, 1.807) is 20.1 Å². The molecule has 0 aliphatic heterocycles. The van der Waals surface area contributed by atoms with Crippen molar-refractivity contribution >= 4 is 15.8 Å². The summed E-state index contributed by atoms with van der Waals surface area (Å²) >= 11 is 0. The Bertz CT molecular complexity index is 564. The molecule has 1 aliphatic carbocycles. The van der Waals surface area contributed by atoms with Gasteiger partial charge in [0.1, 0.15) is 17.6 Å². The van der Waals surface area contributed by atoms with Crippen LogP contribution in [0.2, 0.25) is 0 Å². The highest BCUT2D eigenvalue weighted by atomic mass is 32.2. The number of hydrogen-bond donors (Lipinski definition) is 0. The molecule has 0 saturated heterocycles. The lowest BCUT2D eigenvalue weighted by Gasteiger charge is -2.30. The van der Waals surface area contributed by atoms with Crippen LogP contribution in [0.1, 0.15) is 20.8 Å². The number of likely N-dealkylation sites (N-methyl/N-ethyl adjacent to an activating group) is 1. The highest BCUT2D eigenvalue weighted by Crippen LogP contribution is 2.30. The predicted molar refractivity (Wildman–Crippen MR) is 84.9 cm³/mol. The molecule has 0 aromatic carbocycles. The largest absolute Gasteiger partial charge is 0.497 e. The van der Waals surface area contributed by atoms with Gasteiger partial charge in [-0.05, 0) is 37.5 Å². The van der Waals surface area contributed by atoms with Gasteiger partial charge in [0.25, 0.3) is 0 Å². The topological polar surface area (TPSA) is 72.9 Å². The third-order valence-corrected chi connectivity index (χ3v) is 6.06. The molecule has 0 fully saturated rings. The number of carbonyl (C=O) groups is 1. The monoisotopic (exact) mass is 331 g/mol. The molecule has 2 unspecified atom stereocenters. The molecule has 0 radical (unpaired) electrons. The molecule has 0 amide bonds. The Balaban J connectivity index is 2.75. The van der Waals surface area contributed by atoms with Crippen molar-refractivity contribution in [1.29, 1.82) is 0 Å². The summed E-state index contributed by atoms with van der Waals surface area (Å²) in [7, 11) is -0.398. The molecule has 0 heterocycles. The van der Waals surface area contributed by atoms with Gasteiger partial charge >= 0.3 is 0 Å². The fourth-order valence-corrected chi connectivity index (χ4v) is 4.35. The zero-order valence-corrected chi connectivity index (χ0v) is 14.6. The molecule has 22 heavy (non-hydrogen) atoms. The molecule has 0 aromatic heterocycles. The third kappa shape index (κ3) is 4.66. The van der Waals surface area contributed by atoms with E-state index >= 15 is 0 Å². The number of Topliss-reactive ketones (excluding diaryl/α,β-unsaturated/α-hetero) is 1. The van der Waals surface area contributed by atoms with Crippen LogP contribution in [0, 0.1) is 5.92 Å². The van der Waals surface area contributed by atoms with Crippen LogP contribution in [0.5, 0.6) is 0 Å². The van der Waals surface area contributed by atoms with Gasteiger partial charge < -0.3 is 9.47 Å². The predicted octanol–water partition coefficient (Wildman–Crippen LogP) is 1.35. The molecule has 0 bridgehead atoms. The van der Waals surface area contributed by atoms with E-state index in [0.717, 1.165) is 5.57 Å². The molecule has 6 nitrogen and oxygen atoms in total. The zero-order chi connectivity index (χ0) is 16.9. The fourth-order valence-electron chi connectivity index (χ4n) is 2.48. The molecule has 2 atom stereocenters. The van der Waals surface area contributed by atoms with E-state index in [1.807, 2.05) is 13.0 Å². The molecule has 1 aliphatic rings. The summed E-state index contributed by atoms with van der Waals surface area (Å²) in [6, 6.07) is 0. The quantitative estimate of drug-likeness (QED) is 0.628. The van der Waals surface area contributed by atoms with Crippen molar-refractivity contribution in [1.82, 2.24) is 4.31 Å². The first-order valence-electron chi connectivity index (χ1n) is 7.16. The lowest BCUT2D eigenvalue weighted by atomic mass is 9.95. The van der Waals surface area contributed by atoms with Crippen molar-refractivity contribution < 1.29 is 22.7 Å². The van der Waals surface area contributed by atoms with Crippen LogP contribution >= 0.6 is 0 Å². The minimum Gasteiger partial charge on any atom is -0.497 e. The normalized spacial score (nSPS) is 22.3. The van der Waals surface area contributed by atoms with Gasteiger partial charge in [0.05, 0.1) is 13.7 Å². The molecular formula is C15H25NO5S. The van der Waals surface area contributed by atoms with Gasteiger partial charge in [-0.15, -0.1) is 0 Å². The van der Waals surface area contributed by atoms with E-state index in [9.17, 15) is 13.2 Å². The Morgan fingerprint density at radius 3 is 2.55 bits per heavy atom. The minimum atomic E-state index is -3.49. The van der Waals surface area contributed by atoms with Crippen LogP contribution in [0.25, 0.3) is 0 Å². The second-order valence-corrected chi connectivity index (χ2v) is 7.72. The third-order valence-electron chi connectivity index (χ3n) is 3.57. The van der Waals surface area contributed by atoms with Crippen molar-refractivity contribution in [3.05, 3.63) is 23.5 Å². The maximum atomic E-state index is 12.7. The summed E-state index contributed by atoms with van der Waals surface area (Å²) in [6.07, 6.45) is 3.57. The van der Waals surface area contributed by atoms with Crippen LogP contribution in [0.3, 0.4) is 0 Å². The molecule has 0 aromatic rings. The van der Waals surface area contributed by atoms with Crippen molar-refractivity contribution in [3.63, 3.8) is 0 Å². The summed E-state index contributed by atoms with van der Waals surface area (Å²) in [4.78, 5) is 10.8. The van der Waals surface area contributed by atoms with E-state index in [0.29, 0.717) is 5.76 Å². The summed E-state index contributed by atoms with van der Waals surface area (Å²) in [5.74, 6) is 0.428. The molecular weight excluding hydrogens is 306 g/mol. The van der Waals surface area contributed by atoms with Gasteiger partial charge in [-0.25, -0.2) is 12.7 Å². The summed E-state index contributed by atoms with van der Waals surface area (Å²) < 4.78 is 37.0. The number of ketones is 1. The van der Waals surface area contributed by atoms with E-state index in [-0.39, 0.29) is 31.5 Å². The zero-order valence-electron chi connectivity index (χ0n) is 13.8. The summed E-state index contributed by atoms with van der Waals surface area (Å²) in [5.41, 5.74) is 0.753. The Kier molecular flexibility index (Phi) is 6.77. The number of rotatable bonds is 8. The second kappa shape index (κ2) is 7.89. The molecule has 0 saturated carbocycles. The lowest BCUT2D eigenvalue weighted by Crippen LogP contribution is -2.42. The van der Waals surface area contributed by atoms with Crippen molar-refractivity contribution in [2.45, 2.75) is 26.0 Å². The second-order valence-electron chi connectivity index (χ2n) is 5.56. The Morgan fingerprint density at radius 2 is 2.05 bits per heavy atom. The van der Waals surface area contributed by atoms with Crippen LogP contribution in [-0.2, 0) is 24.3 Å². The first kappa shape index (κ1) is 18.9. The van der Waals surface area contributed by atoms with Gasteiger partial charge in [0.15, 0.2) is 5.78 Å². The number of sulfonamides is 1. The van der Waals surface area contributed by atoms with Crippen LogP contribution in [0.4, 0.5) is 0 Å². The first-order chi connectivity index (χ1) is 10.2. The smallest absolute Gasteiger partial charge is 0.221 e. The number of carbonyl (C=O) groups excluding carboxylic acids is 1.